The number of anilines is 2. The molecule has 0 spiro atoms. The third-order valence-electron chi connectivity index (χ3n) is 5.62. The molecular formula is C21H30N6O4. The molecule has 1 aromatic heterocycles. The maximum absolute atomic E-state index is 11.3. The van der Waals surface area contributed by atoms with E-state index in [1.54, 1.807) is 19.2 Å². The highest BCUT2D eigenvalue weighted by Gasteiger charge is 2.26. The minimum atomic E-state index is -0.442. The maximum Gasteiger partial charge on any atom is 0.294 e. The topological polar surface area (TPSA) is 151 Å². The Morgan fingerprint density at radius 3 is 2.94 bits per heavy atom. The molecule has 1 fully saturated rings. The van der Waals surface area contributed by atoms with Gasteiger partial charge in [-0.25, -0.2) is 9.97 Å². The lowest BCUT2D eigenvalue weighted by Crippen LogP contribution is -2.47. The monoisotopic (exact) mass is 430 g/mol. The lowest BCUT2D eigenvalue weighted by Gasteiger charge is -2.36. The van der Waals surface area contributed by atoms with Crippen molar-refractivity contribution in [1.82, 2.24) is 14.9 Å². The van der Waals surface area contributed by atoms with E-state index in [2.05, 4.69) is 20.2 Å². The zero-order chi connectivity index (χ0) is 22.4. The first-order chi connectivity index (χ1) is 14.9. The number of hydrogen-bond donors (Lipinski definition) is 4. The summed E-state index contributed by atoms with van der Waals surface area (Å²) in [5, 5.41) is 33.8. The molecule has 0 saturated carbocycles. The molecule has 2 aromatic rings. The average Bonchev–Trinajstić information content (AvgIpc) is 2.74. The third kappa shape index (κ3) is 6.09. The van der Waals surface area contributed by atoms with E-state index in [0.717, 1.165) is 25.2 Å². The maximum atomic E-state index is 11.3. The Bertz CT molecular complexity index is 909. The number of nitrogen functional groups attached to an aromatic ring is 1. The summed E-state index contributed by atoms with van der Waals surface area (Å²) < 4.78 is 0. The van der Waals surface area contributed by atoms with Crippen LogP contribution in [-0.2, 0) is 12.8 Å². The van der Waals surface area contributed by atoms with Gasteiger partial charge in [-0.15, -0.1) is 0 Å². The standard InChI is InChI=1S/C21H30N6O4/c1-14-10-15(22)11-19(27(30)31)21(14)24-7-3-20-23-6-2-16(25-20)4-8-26-9-5-18(29)12-17(26)13-28/h2,6,10-11,17-18,24,28-29H,3-5,7-9,12-13,22H2,1H3. The fourth-order valence-electron chi connectivity index (χ4n) is 3.99. The largest absolute Gasteiger partial charge is 0.399 e. The Kier molecular flexibility index (Phi) is 7.72. The van der Waals surface area contributed by atoms with Crippen molar-refractivity contribution in [3.63, 3.8) is 0 Å². The van der Waals surface area contributed by atoms with Gasteiger partial charge in [-0.1, -0.05) is 0 Å². The second kappa shape index (κ2) is 10.5. The van der Waals surface area contributed by atoms with Crippen LogP contribution in [0.3, 0.4) is 0 Å². The van der Waals surface area contributed by atoms with Crippen molar-refractivity contribution >= 4 is 17.1 Å². The Balaban J connectivity index is 1.56. The van der Waals surface area contributed by atoms with Gasteiger partial charge >= 0.3 is 0 Å². The number of aryl methyl sites for hydroxylation is 1. The summed E-state index contributed by atoms with van der Waals surface area (Å²) in [5.74, 6) is 0.661. The lowest BCUT2D eigenvalue weighted by atomic mass is 9.99. The van der Waals surface area contributed by atoms with Crippen molar-refractivity contribution in [3.8, 4) is 0 Å². The highest BCUT2D eigenvalue weighted by Crippen LogP contribution is 2.30. The van der Waals surface area contributed by atoms with Crippen LogP contribution in [0.25, 0.3) is 0 Å². The van der Waals surface area contributed by atoms with Crippen LogP contribution in [0.15, 0.2) is 24.4 Å². The van der Waals surface area contributed by atoms with Gasteiger partial charge in [0.1, 0.15) is 11.5 Å². The van der Waals surface area contributed by atoms with Crippen LogP contribution in [0.4, 0.5) is 17.1 Å². The highest BCUT2D eigenvalue weighted by molar-refractivity contribution is 5.71. The van der Waals surface area contributed by atoms with Gasteiger partial charge in [0.2, 0.25) is 0 Å². The number of hydrogen-bond acceptors (Lipinski definition) is 9. The number of piperidine rings is 1. The highest BCUT2D eigenvalue weighted by atomic mass is 16.6. The fourth-order valence-corrected chi connectivity index (χ4v) is 3.99. The average molecular weight is 431 g/mol. The summed E-state index contributed by atoms with van der Waals surface area (Å²) in [5.41, 5.74) is 8.12. The molecule has 168 valence electrons. The minimum absolute atomic E-state index is 0.0202. The third-order valence-corrected chi connectivity index (χ3v) is 5.62. The molecule has 0 aliphatic carbocycles. The van der Waals surface area contributed by atoms with Crippen molar-refractivity contribution in [2.24, 2.45) is 0 Å². The summed E-state index contributed by atoms with van der Waals surface area (Å²) in [6, 6.07) is 4.91. The summed E-state index contributed by atoms with van der Waals surface area (Å²) in [7, 11) is 0. The predicted octanol–water partition coefficient (Wildman–Crippen LogP) is 1.29. The van der Waals surface area contributed by atoms with Crippen LogP contribution in [-0.4, -0.2) is 68.4 Å². The van der Waals surface area contributed by atoms with Crippen LogP contribution >= 0.6 is 0 Å². The van der Waals surface area contributed by atoms with E-state index in [4.69, 9.17) is 5.73 Å². The molecule has 2 heterocycles. The van der Waals surface area contributed by atoms with Gasteiger partial charge in [0.05, 0.1) is 17.6 Å². The normalized spacial score (nSPS) is 19.3. The van der Waals surface area contributed by atoms with E-state index in [1.165, 1.54) is 6.07 Å². The quantitative estimate of drug-likeness (QED) is 0.262. The number of nitro benzene ring substituents is 1. The summed E-state index contributed by atoms with van der Waals surface area (Å²) >= 11 is 0. The second-order valence-corrected chi connectivity index (χ2v) is 7.93. The van der Waals surface area contributed by atoms with Crippen molar-refractivity contribution in [3.05, 3.63) is 51.6 Å². The molecule has 0 amide bonds. The van der Waals surface area contributed by atoms with Gasteiger partial charge in [-0.05, 0) is 37.5 Å². The number of aliphatic hydroxyl groups excluding tert-OH is 2. The Morgan fingerprint density at radius 2 is 2.19 bits per heavy atom. The summed E-state index contributed by atoms with van der Waals surface area (Å²) in [6.07, 6.45) is 3.93. The Morgan fingerprint density at radius 1 is 1.39 bits per heavy atom. The molecule has 1 aliphatic heterocycles. The van der Waals surface area contributed by atoms with Crippen molar-refractivity contribution < 1.29 is 15.1 Å². The van der Waals surface area contributed by atoms with Gasteiger partial charge in [-0.3, -0.25) is 15.0 Å². The number of aromatic nitrogens is 2. The first-order valence-corrected chi connectivity index (χ1v) is 10.5. The predicted molar refractivity (Wildman–Crippen MR) is 118 cm³/mol. The molecule has 1 aliphatic rings. The number of rotatable bonds is 9. The zero-order valence-electron chi connectivity index (χ0n) is 17.7. The number of benzene rings is 1. The molecule has 1 saturated heterocycles. The lowest BCUT2D eigenvalue weighted by molar-refractivity contribution is -0.383. The van der Waals surface area contributed by atoms with Crippen LogP contribution in [0.2, 0.25) is 0 Å². The van der Waals surface area contributed by atoms with Crippen molar-refractivity contribution in [1.29, 1.82) is 0 Å². The van der Waals surface area contributed by atoms with E-state index < -0.39 is 4.92 Å². The van der Waals surface area contributed by atoms with E-state index in [9.17, 15) is 20.3 Å². The molecule has 10 heteroatoms. The number of nitro groups is 1. The molecule has 0 radical (unpaired) electrons. The minimum Gasteiger partial charge on any atom is -0.399 e. The molecule has 3 rings (SSSR count). The Labute approximate surface area is 181 Å². The molecule has 2 unspecified atom stereocenters. The zero-order valence-corrected chi connectivity index (χ0v) is 17.7. The first-order valence-electron chi connectivity index (χ1n) is 10.5. The number of likely N-dealkylation sites (tertiary alicyclic amines) is 1. The molecule has 2 atom stereocenters. The first kappa shape index (κ1) is 22.9. The second-order valence-electron chi connectivity index (χ2n) is 7.93. The number of nitrogens with one attached hydrogen (secondary N) is 1. The molecular weight excluding hydrogens is 400 g/mol. The SMILES string of the molecule is Cc1cc(N)cc([N+](=O)[O-])c1NCCc1nccc(CCN2CCC(O)CC2CO)n1. The molecule has 10 nitrogen and oxygen atoms in total. The smallest absolute Gasteiger partial charge is 0.294 e. The molecule has 0 bridgehead atoms. The number of aliphatic hydroxyl groups is 2. The Hall–Kier alpha value is -2.82. The number of nitrogens with two attached hydrogens (primary N) is 1. The number of nitrogens with zero attached hydrogens (tertiary/aromatic N) is 4. The van der Waals surface area contributed by atoms with Gasteiger partial charge in [0, 0.05) is 62.2 Å². The van der Waals surface area contributed by atoms with Gasteiger partial charge in [-0.2, -0.15) is 0 Å². The van der Waals surface area contributed by atoms with E-state index in [-0.39, 0.29) is 24.4 Å². The van der Waals surface area contributed by atoms with Crippen LogP contribution in [0.5, 0.6) is 0 Å². The molecule has 5 N–H and O–H groups in total. The summed E-state index contributed by atoms with van der Waals surface area (Å²) in [4.78, 5) is 22.0. The fraction of sp³-hybridized carbons (Fsp3) is 0.524. The van der Waals surface area contributed by atoms with Crippen LogP contribution in [0, 0.1) is 17.0 Å². The van der Waals surface area contributed by atoms with Crippen molar-refractivity contribution in [2.45, 2.75) is 44.8 Å². The molecule has 1 aromatic carbocycles. The van der Waals surface area contributed by atoms with Crippen molar-refractivity contribution in [2.75, 3.05) is 37.3 Å². The van der Waals surface area contributed by atoms with Gasteiger partial charge < -0.3 is 21.3 Å². The van der Waals surface area contributed by atoms with E-state index in [1.807, 2.05) is 6.07 Å². The van der Waals surface area contributed by atoms with Crippen LogP contribution < -0.4 is 11.1 Å². The molecule has 31 heavy (non-hydrogen) atoms. The van der Waals surface area contributed by atoms with Crippen LogP contribution in [0.1, 0.15) is 29.9 Å². The van der Waals surface area contributed by atoms with E-state index in [0.29, 0.717) is 48.6 Å². The van der Waals surface area contributed by atoms with E-state index >= 15 is 0 Å². The van der Waals surface area contributed by atoms with Gasteiger partial charge in [0.25, 0.3) is 5.69 Å². The van der Waals surface area contributed by atoms with Gasteiger partial charge in [0.15, 0.2) is 0 Å². The summed E-state index contributed by atoms with van der Waals surface area (Å²) in [6.45, 7) is 3.78.